The van der Waals surface area contributed by atoms with Crippen LogP contribution in [0.3, 0.4) is 0 Å². The Labute approximate surface area is 155 Å². The minimum absolute atomic E-state index is 0.388. The van der Waals surface area contributed by atoms with E-state index in [0.29, 0.717) is 22.9 Å². The van der Waals surface area contributed by atoms with Crippen molar-refractivity contribution in [2.45, 2.75) is 54.9 Å². The van der Waals surface area contributed by atoms with E-state index >= 15 is 0 Å². The van der Waals surface area contributed by atoms with E-state index in [4.69, 9.17) is 4.74 Å². The molecule has 2 rings (SSSR count). The Hall–Kier alpha value is -1.05. The summed E-state index contributed by atoms with van der Waals surface area (Å²) in [6.07, 6.45) is 7.13. The molecule has 1 aromatic carbocycles. The monoisotopic (exact) mass is 385 g/mol. The highest BCUT2D eigenvalue weighted by atomic mass is 32.3. The lowest BCUT2D eigenvalue weighted by atomic mass is 9.87. The van der Waals surface area contributed by atoms with Crippen molar-refractivity contribution in [3.63, 3.8) is 0 Å². The molecular formula is C18H27NO4S2. The van der Waals surface area contributed by atoms with Gasteiger partial charge in [-0.05, 0) is 31.4 Å². The van der Waals surface area contributed by atoms with E-state index in [1.807, 2.05) is 0 Å². The molecule has 1 fully saturated rings. The van der Waals surface area contributed by atoms with E-state index in [0.717, 1.165) is 18.2 Å². The summed E-state index contributed by atoms with van der Waals surface area (Å²) < 4.78 is 31.8. The van der Waals surface area contributed by atoms with E-state index in [1.165, 1.54) is 39.2 Å². The second-order valence-electron chi connectivity index (χ2n) is 6.41. The maximum atomic E-state index is 12.5. The van der Waals surface area contributed by atoms with Crippen LogP contribution < -0.4 is 4.72 Å². The first-order valence-electron chi connectivity index (χ1n) is 8.76. The lowest BCUT2D eigenvalue weighted by molar-refractivity contribution is 0.0597. The molecule has 0 bridgehead atoms. The number of esters is 1. The summed E-state index contributed by atoms with van der Waals surface area (Å²) in [5.41, 5.74) is 0.388. The summed E-state index contributed by atoms with van der Waals surface area (Å²) in [6, 6.07) is 6.90. The second kappa shape index (κ2) is 9.59. The molecule has 1 aromatic rings. The summed E-state index contributed by atoms with van der Waals surface area (Å²) >= 11 is 1.16. The van der Waals surface area contributed by atoms with Crippen LogP contribution in [0.1, 0.15) is 55.8 Å². The molecule has 0 aromatic heterocycles. The highest BCUT2D eigenvalue weighted by molar-refractivity contribution is 8.12. The van der Waals surface area contributed by atoms with Crippen molar-refractivity contribution >= 4 is 27.8 Å². The summed E-state index contributed by atoms with van der Waals surface area (Å²) in [5.74, 6) is 0.178. The van der Waals surface area contributed by atoms with Gasteiger partial charge in [0.2, 0.25) is 10.0 Å². The van der Waals surface area contributed by atoms with Crippen LogP contribution in [0.4, 0.5) is 0 Å². The number of carbonyl (C=O) groups excluding carboxylic acids is 1. The molecule has 1 atom stereocenters. The lowest BCUT2D eigenvalue weighted by Crippen LogP contribution is -2.32. The van der Waals surface area contributed by atoms with Crippen molar-refractivity contribution in [3.05, 3.63) is 29.8 Å². The topological polar surface area (TPSA) is 72.5 Å². The Morgan fingerprint density at radius 1 is 1.28 bits per heavy atom. The Morgan fingerprint density at radius 2 is 1.96 bits per heavy atom. The van der Waals surface area contributed by atoms with Crippen molar-refractivity contribution in [3.8, 4) is 0 Å². The number of sulfonamides is 1. The highest BCUT2D eigenvalue weighted by Gasteiger charge is 2.24. The molecular weight excluding hydrogens is 358 g/mol. The van der Waals surface area contributed by atoms with Gasteiger partial charge < -0.3 is 4.74 Å². The van der Waals surface area contributed by atoms with Crippen LogP contribution in [0.25, 0.3) is 0 Å². The van der Waals surface area contributed by atoms with Gasteiger partial charge in [0, 0.05) is 11.4 Å². The Balaban J connectivity index is 1.92. The van der Waals surface area contributed by atoms with E-state index in [2.05, 4.69) is 4.72 Å². The second-order valence-corrected chi connectivity index (χ2v) is 10.2. The van der Waals surface area contributed by atoms with Crippen molar-refractivity contribution < 1.29 is 17.9 Å². The molecule has 0 aliphatic heterocycles. The first kappa shape index (κ1) is 20.3. The predicted molar refractivity (Wildman–Crippen MR) is 101 cm³/mol. The number of hydrogen-bond donors (Lipinski definition) is 1. The normalized spacial score (nSPS) is 17.2. The van der Waals surface area contributed by atoms with Crippen LogP contribution in [-0.4, -0.2) is 32.6 Å². The zero-order chi connectivity index (χ0) is 18.3. The van der Waals surface area contributed by atoms with Gasteiger partial charge >= 0.3 is 5.97 Å². The zero-order valence-corrected chi connectivity index (χ0v) is 16.5. The number of ether oxygens (including phenoxy) is 1. The minimum atomic E-state index is -3.45. The molecule has 1 saturated carbocycles. The molecule has 140 valence electrons. The van der Waals surface area contributed by atoms with E-state index in [9.17, 15) is 13.2 Å². The fraction of sp³-hybridized carbons (Fsp3) is 0.611. The van der Waals surface area contributed by atoms with Crippen molar-refractivity contribution in [2.24, 2.45) is 5.92 Å². The molecule has 0 spiro atoms. The number of rotatable bonds is 8. The van der Waals surface area contributed by atoms with E-state index < -0.39 is 20.6 Å². The molecule has 7 heteroatoms. The van der Waals surface area contributed by atoms with Crippen LogP contribution in [0.5, 0.6) is 0 Å². The van der Waals surface area contributed by atoms with Crippen LogP contribution >= 0.6 is 11.8 Å². The van der Waals surface area contributed by atoms with Gasteiger partial charge in [0.1, 0.15) is 4.58 Å². The third-order valence-corrected chi connectivity index (χ3v) is 8.07. The van der Waals surface area contributed by atoms with Crippen LogP contribution in [0, 0.1) is 5.92 Å². The average molecular weight is 386 g/mol. The molecule has 0 amide bonds. The first-order valence-corrected chi connectivity index (χ1v) is 11.2. The number of benzene rings is 1. The average Bonchev–Trinajstić information content (AvgIpc) is 2.62. The van der Waals surface area contributed by atoms with Gasteiger partial charge in [-0.15, -0.1) is 11.8 Å². The number of hydrogen-bond acceptors (Lipinski definition) is 5. The lowest BCUT2D eigenvalue weighted by Gasteiger charge is -2.22. The first-order chi connectivity index (χ1) is 11.9. The SMILES string of the molecule is COC(=O)c1ccccc1SC(C)S(=O)(=O)NCCC1CCCCC1. The Morgan fingerprint density at radius 3 is 2.64 bits per heavy atom. The molecule has 1 N–H and O–H groups in total. The highest BCUT2D eigenvalue weighted by Crippen LogP contribution is 2.30. The standard InChI is InChI=1S/C18H27NO4S2/c1-14(24-17-11-7-6-10-16(17)18(20)23-2)25(21,22)19-13-12-15-8-4-3-5-9-15/h6-7,10-11,14-15,19H,3-5,8-9,12-13H2,1-2H3. The van der Waals surface area contributed by atoms with Gasteiger partial charge in [-0.2, -0.15) is 0 Å². The van der Waals surface area contributed by atoms with Crippen molar-refractivity contribution in [2.75, 3.05) is 13.7 Å². The van der Waals surface area contributed by atoms with Gasteiger partial charge in [-0.1, -0.05) is 44.2 Å². The number of thioether (sulfide) groups is 1. The Kier molecular flexibility index (Phi) is 7.78. The quantitative estimate of drug-likeness (QED) is 0.544. The molecule has 5 nitrogen and oxygen atoms in total. The number of carbonyl (C=O) groups is 1. The molecule has 1 aliphatic carbocycles. The Bertz CT molecular complexity index is 669. The van der Waals surface area contributed by atoms with Gasteiger partial charge in [0.25, 0.3) is 0 Å². The molecule has 0 heterocycles. The predicted octanol–water partition coefficient (Wildman–Crippen LogP) is 3.80. The molecule has 0 saturated heterocycles. The van der Waals surface area contributed by atoms with E-state index in [1.54, 1.807) is 31.2 Å². The van der Waals surface area contributed by atoms with Crippen LogP contribution in [0.2, 0.25) is 0 Å². The number of methoxy groups -OCH3 is 1. The maximum absolute atomic E-state index is 12.5. The zero-order valence-electron chi connectivity index (χ0n) is 14.9. The maximum Gasteiger partial charge on any atom is 0.338 e. The minimum Gasteiger partial charge on any atom is -0.465 e. The van der Waals surface area contributed by atoms with Gasteiger partial charge in [-0.3, -0.25) is 0 Å². The summed E-state index contributed by atoms with van der Waals surface area (Å²) in [6.45, 7) is 2.12. The molecule has 0 radical (unpaired) electrons. The third kappa shape index (κ3) is 6.01. The van der Waals surface area contributed by atoms with Gasteiger partial charge in [0.05, 0.1) is 12.7 Å². The molecule has 1 aliphatic rings. The summed E-state index contributed by atoms with van der Waals surface area (Å²) in [4.78, 5) is 12.4. The van der Waals surface area contributed by atoms with Crippen molar-refractivity contribution in [1.29, 1.82) is 0 Å². The van der Waals surface area contributed by atoms with Crippen molar-refractivity contribution in [1.82, 2.24) is 4.72 Å². The molecule has 1 unspecified atom stereocenters. The number of nitrogens with one attached hydrogen (secondary N) is 1. The fourth-order valence-electron chi connectivity index (χ4n) is 3.09. The van der Waals surface area contributed by atoms with E-state index in [-0.39, 0.29) is 0 Å². The van der Waals surface area contributed by atoms with Crippen LogP contribution in [0.15, 0.2) is 29.2 Å². The fourth-order valence-corrected chi connectivity index (χ4v) is 5.54. The summed E-state index contributed by atoms with van der Waals surface area (Å²) in [5, 5.41) is 0. The molecule has 25 heavy (non-hydrogen) atoms. The largest absolute Gasteiger partial charge is 0.465 e. The third-order valence-electron chi connectivity index (χ3n) is 4.60. The smallest absolute Gasteiger partial charge is 0.338 e. The van der Waals surface area contributed by atoms with Crippen LogP contribution in [-0.2, 0) is 14.8 Å². The summed E-state index contributed by atoms with van der Waals surface area (Å²) in [7, 11) is -2.13. The van der Waals surface area contributed by atoms with Gasteiger partial charge in [0.15, 0.2) is 0 Å². The van der Waals surface area contributed by atoms with Gasteiger partial charge in [-0.25, -0.2) is 17.9 Å².